The molecule has 5 heteroatoms. The zero-order chi connectivity index (χ0) is 13.1. The Bertz CT molecular complexity index is 473. The number of aromatic nitrogens is 1. The lowest BCUT2D eigenvalue weighted by Gasteiger charge is -2.34. The van der Waals surface area contributed by atoms with Crippen LogP contribution in [0.2, 0.25) is 0 Å². The minimum absolute atomic E-state index is 0.0512. The van der Waals surface area contributed by atoms with E-state index in [9.17, 15) is 9.59 Å². The van der Waals surface area contributed by atoms with E-state index in [-0.39, 0.29) is 24.4 Å². The fraction of sp³-hybridized carbons (Fsp3) is 0.462. The Balaban J connectivity index is 2.19. The van der Waals surface area contributed by atoms with Crippen molar-refractivity contribution < 1.29 is 9.59 Å². The Labute approximate surface area is 106 Å². The van der Waals surface area contributed by atoms with E-state index in [1.165, 1.54) is 0 Å². The predicted octanol–water partition coefficient (Wildman–Crippen LogP) is 0.627. The molecule has 0 aliphatic carbocycles. The summed E-state index contributed by atoms with van der Waals surface area (Å²) in [5.74, 6) is -0.130. The number of nitrogens with one attached hydrogen (secondary N) is 1. The lowest BCUT2D eigenvalue weighted by atomic mass is 10.1. The third-order valence-corrected chi connectivity index (χ3v) is 3.08. The molecule has 1 aromatic rings. The van der Waals surface area contributed by atoms with Crippen LogP contribution in [0.4, 0.5) is 0 Å². The average Bonchev–Trinajstić information content (AvgIpc) is 2.34. The molecule has 2 heterocycles. The first-order valence-corrected chi connectivity index (χ1v) is 6.11. The standard InChI is InChI=1S/C13H17N3O2/c1-3-11-13(18)14-7-12(17)16(11)8-10-6-4-5-9(2)15-10/h4-6,11H,3,7-8H2,1-2H3,(H,14,18). The number of amides is 2. The topological polar surface area (TPSA) is 62.3 Å². The van der Waals surface area contributed by atoms with Gasteiger partial charge < -0.3 is 10.2 Å². The number of carbonyl (C=O) groups excluding carboxylic acids is 2. The summed E-state index contributed by atoms with van der Waals surface area (Å²) in [6.45, 7) is 4.29. The van der Waals surface area contributed by atoms with Crippen LogP contribution in [0, 0.1) is 6.92 Å². The van der Waals surface area contributed by atoms with E-state index in [0.29, 0.717) is 13.0 Å². The normalized spacial score (nSPS) is 19.9. The molecule has 1 aliphatic rings. The Morgan fingerprint density at radius 3 is 2.89 bits per heavy atom. The number of pyridine rings is 1. The zero-order valence-electron chi connectivity index (χ0n) is 10.6. The molecule has 1 N–H and O–H groups in total. The van der Waals surface area contributed by atoms with Gasteiger partial charge in [-0.3, -0.25) is 14.6 Å². The molecule has 1 unspecified atom stereocenters. The van der Waals surface area contributed by atoms with E-state index in [0.717, 1.165) is 11.4 Å². The molecule has 1 aromatic heterocycles. The number of piperazine rings is 1. The molecule has 0 bridgehead atoms. The summed E-state index contributed by atoms with van der Waals surface area (Å²) in [6.07, 6.45) is 0.614. The fourth-order valence-electron chi connectivity index (χ4n) is 2.16. The van der Waals surface area contributed by atoms with Crippen LogP contribution >= 0.6 is 0 Å². The first-order chi connectivity index (χ1) is 8.61. The van der Waals surface area contributed by atoms with Crippen LogP contribution in [-0.2, 0) is 16.1 Å². The van der Waals surface area contributed by atoms with E-state index in [1.54, 1.807) is 4.90 Å². The Morgan fingerprint density at radius 2 is 2.22 bits per heavy atom. The summed E-state index contributed by atoms with van der Waals surface area (Å²) in [7, 11) is 0. The molecule has 1 atom stereocenters. The summed E-state index contributed by atoms with van der Waals surface area (Å²) < 4.78 is 0. The molecule has 0 radical (unpaired) electrons. The Morgan fingerprint density at radius 1 is 1.44 bits per heavy atom. The highest BCUT2D eigenvalue weighted by molar-refractivity contribution is 5.94. The molecule has 96 valence electrons. The minimum atomic E-state index is -0.381. The number of nitrogens with zero attached hydrogens (tertiary/aromatic N) is 2. The smallest absolute Gasteiger partial charge is 0.243 e. The summed E-state index contributed by atoms with van der Waals surface area (Å²) in [4.78, 5) is 29.6. The van der Waals surface area contributed by atoms with Crippen molar-refractivity contribution >= 4 is 11.8 Å². The minimum Gasteiger partial charge on any atom is -0.345 e. The molecule has 0 saturated carbocycles. The number of carbonyl (C=O) groups is 2. The fourth-order valence-corrected chi connectivity index (χ4v) is 2.16. The highest BCUT2D eigenvalue weighted by atomic mass is 16.2. The monoisotopic (exact) mass is 247 g/mol. The number of hydrogen-bond donors (Lipinski definition) is 1. The van der Waals surface area contributed by atoms with E-state index in [1.807, 2.05) is 32.0 Å². The van der Waals surface area contributed by atoms with Crippen molar-refractivity contribution in [1.29, 1.82) is 0 Å². The van der Waals surface area contributed by atoms with Crippen molar-refractivity contribution in [3.63, 3.8) is 0 Å². The molecular formula is C13H17N3O2. The van der Waals surface area contributed by atoms with Crippen LogP contribution in [0.3, 0.4) is 0 Å². The summed E-state index contributed by atoms with van der Waals surface area (Å²) >= 11 is 0. The van der Waals surface area contributed by atoms with Gasteiger partial charge in [0.1, 0.15) is 6.04 Å². The second-order valence-corrected chi connectivity index (χ2v) is 4.43. The molecule has 2 amide bonds. The largest absolute Gasteiger partial charge is 0.345 e. The van der Waals surface area contributed by atoms with Crippen molar-refractivity contribution in [2.24, 2.45) is 0 Å². The lowest BCUT2D eigenvalue weighted by Crippen LogP contribution is -2.57. The maximum atomic E-state index is 11.9. The molecule has 1 aliphatic heterocycles. The highest BCUT2D eigenvalue weighted by Gasteiger charge is 2.33. The predicted molar refractivity (Wildman–Crippen MR) is 66.6 cm³/mol. The van der Waals surface area contributed by atoms with Gasteiger partial charge in [0.2, 0.25) is 11.8 Å². The molecule has 0 spiro atoms. The average molecular weight is 247 g/mol. The van der Waals surface area contributed by atoms with Crippen LogP contribution in [0.1, 0.15) is 24.7 Å². The van der Waals surface area contributed by atoms with Gasteiger partial charge in [0.05, 0.1) is 18.8 Å². The van der Waals surface area contributed by atoms with Gasteiger partial charge >= 0.3 is 0 Å². The summed E-state index contributed by atoms with van der Waals surface area (Å²) in [6, 6.07) is 5.31. The molecular weight excluding hydrogens is 230 g/mol. The van der Waals surface area contributed by atoms with Gasteiger partial charge in [-0.05, 0) is 25.5 Å². The third kappa shape index (κ3) is 2.50. The van der Waals surface area contributed by atoms with Gasteiger partial charge in [0.25, 0.3) is 0 Å². The van der Waals surface area contributed by atoms with Crippen LogP contribution in [-0.4, -0.2) is 34.3 Å². The quantitative estimate of drug-likeness (QED) is 0.852. The summed E-state index contributed by atoms with van der Waals surface area (Å²) in [5.41, 5.74) is 1.73. The Hall–Kier alpha value is -1.91. The number of aryl methyl sites for hydroxylation is 1. The first kappa shape index (κ1) is 12.5. The molecule has 5 nitrogen and oxygen atoms in total. The van der Waals surface area contributed by atoms with Crippen LogP contribution in [0.5, 0.6) is 0 Å². The first-order valence-electron chi connectivity index (χ1n) is 6.11. The number of hydrogen-bond acceptors (Lipinski definition) is 3. The van der Waals surface area contributed by atoms with Crippen LogP contribution < -0.4 is 5.32 Å². The van der Waals surface area contributed by atoms with E-state index in [2.05, 4.69) is 10.3 Å². The van der Waals surface area contributed by atoms with Gasteiger partial charge in [-0.15, -0.1) is 0 Å². The van der Waals surface area contributed by atoms with Gasteiger partial charge in [-0.25, -0.2) is 0 Å². The molecule has 0 aromatic carbocycles. The maximum absolute atomic E-state index is 11.9. The van der Waals surface area contributed by atoms with Gasteiger partial charge in [-0.1, -0.05) is 13.0 Å². The van der Waals surface area contributed by atoms with E-state index < -0.39 is 0 Å². The summed E-state index contributed by atoms with van der Waals surface area (Å²) in [5, 5.41) is 2.61. The number of rotatable bonds is 3. The van der Waals surface area contributed by atoms with Gasteiger partial charge in [0.15, 0.2) is 0 Å². The van der Waals surface area contributed by atoms with Gasteiger partial charge in [-0.2, -0.15) is 0 Å². The van der Waals surface area contributed by atoms with Gasteiger partial charge in [0, 0.05) is 5.69 Å². The van der Waals surface area contributed by atoms with Crippen molar-refractivity contribution in [3.8, 4) is 0 Å². The van der Waals surface area contributed by atoms with Crippen molar-refractivity contribution in [2.75, 3.05) is 6.54 Å². The van der Waals surface area contributed by atoms with E-state index in [4.69, 9.17) is 0 Å². The van der Waals surface area contributed by atoms with E-state index >= 15 is 0 Å². The second-order valence-electron chi connectivity index (χ2n) is 4.43. The maximum Gasteiger partial charge on any atom is 0.243 e. The second kappa shape index (κ2) is 5.16. The van der Waals surface area contributed by atoms with Crippen molar-refractivity contribution in [1.82, 2.24) is 15.2 Å². The molecule has 1 fully saturated rings. The molecule has 2 rings (SSSR count). The van der Waals surface area contributed by atoms with Crippen molar-refractivity contribution in [2.45, 2.75) is 32.9 Å². The van der Waals surface area contributed by atoms with Crippen molar-refractivity contribution in [3.05, 3.63) is 29.6 Å². The molecule has 1 saturated heterocycles. The SMILES string of the molecule is CCC1C(=O)NCC(=O)N1Cc1cccc(C)n1. The molecule has 18 heavy (non-hydrogen) atoms. The highest BCUT2D eigenvalue weighted by Crippen LogP contribution is 2.13. The zero-order valence-corrected chi connectivity index (χ0v) is 10.6. The third-order valence-electron chi connectivity index (χ3n) is 3.08. The van der Waals surface area contributed by atoms with Crippen LogP contribution in [0.15, 0.2) is 18.2 Å². The lowest BCUT2D eigenvalue weighted by molar-refractivity contribution is -0.146. The van der Waals surface area contributed by atoms with Crippen LogP contribution in [0.25, 0.3) is 0 Å². The Kier molecular flexibility index (Phi) is 3.60.